The van der Waals surface area contributed by atoms with Crippen LogP contribution in [0.25, 0.3) is 0 Å². The van der Waals surface area contributed by atoms with E-state index < -0.39 is 0 Å². The largest absolute Gasteiger partial charge is 0.115 e. The molecule has 3 rings (SSSR count). The average Bonchev–Trinajstić information content (AvgIpc) is 2.58. The standard InChI is InChI=1S/C21H22S2/c1-21(2,17-9-5-3-6-10-17)23-20-15-13-19(14-16-20)22-18-11-7-4-8-12-18/h4-5,7-16H,3,6H2,1-2H3. The van der Waals surface area contributed by atoms with Crippen LogP contribution in [0.3, 0.4) is 0 Å². The van der Waals surface area contributed by atoms with E-state index in [-0.39, 0.29) is 4.75 Å². The smallest absolute Gasteiger partial charge is 0.0396 e. The molecule has 0 saturated heterocycles. The fraction of sp³-hybridized carbons (Fsp3) is 0.238. The number of thioether (sulfide) groups is 1. The Morgan fingerprint density at radius 3 is 2.09 bits per heavy atom. The van der Waals surface area contributed by atoms with Crippen LogP contribution in [0.5, 0.6) is 0 Å². The van der Waals surface area contributed by atoms with Gasteiger partial charge in [-0.15, -0.1) is 11.8 Å². The van der Waals surface area contributed by atoms with Gasteiger partial charge in [0.25, 0.3) is 0 Å². The monoisotopic (exact) mass is 338 g/mol. The molecule has 0 heterocycles. The lowest BCUT2D eigenvalue weighted by Gasteiger charge is -2.27. The molecule has 2 aromatic rings. The molecule has 0 N–H and O–H groups in total. The Bertz CT molecular complexity index is 694. The fourth-order valence-electron chi connectivity index (χ4n) is 2.61. The van der Waals surface area contributed by atoms with Crippen molar-refractivity contribution < 1.29 is 0 Å². The molecule has 0 fully saturated rings. The van der Waals surface area contributed by atoms with Crippen molar-refractivity contribution in [1.82, 2.24) is 0 Å². The predicted octanol–water partition coefficient (Wildman–Crippen LogP) is 6.98. The first kappa shape index (κ1) is 16.5. The molecular formula is C21H22S2. The molecule has 2 heteroatoms. The second kappa shape index (κ2) is 7.46. The van der Waals surface area contributed by atoms with E-state index in [1.54, 1.807) is 0 Å². The van der Waals surface area contributed by atoms with E-state index in [2.05, 4.69) is 86.7 Å². The molecule has 0 spiro atoms. The summed E-state index contributed by atoms with van der Waals surface area (Å²) in [4.78, 5) is 3.90. The topological polar surface area (TPSA) is 0 Å². The van der Waals surface area contributed by atoms with E-state index in [1.165, 1.54) is 33.1 Å². The molecule has 23 heavy (non-hydrogen) atoms. The van der Waals surface area contributed by atoms with Gasteiger partial charge >= 0.3 is 0 Å². The summed E-state index contributed by atoms with van der Waals surface area (Å²) in [6.45, 7) is 4.62. The summed E-state index contributed by atoms with van der Waals surface area (Å²) in [5.74, 6) is 0. The first-order chi connectivity index (χ1) is 11.1. The molecule has 0 unspecified atom stereocenters. The van der Waals surface area contributed by atoms with E-state index in [1.807, 2.05) is 23.5 Å². The molecule has 0 aliphatic heterocycles. The Kier molecular flexibility index (Phi) is 5.34. The van der Waals surface area contributed by atoms with Crippen molar-refractivity contribution in [2.75, 3.05) is 0 Å². The molecule has 0 aromatic heterocycles. The van der Waals surface area contributed by atoms with Gasteiger partial charge in [0.1, 0.15) is 0 Å². The van der Waals surface area contributed by atoms with Crippen LogP contribution >= 0.6 is 23.5 Å². The van der Waals surface area contributed by atoms with Gasteiger partial charge in [-0.3, -0.25) is 0 Å². The quantitative estimate of drug-likeness (QED) is 0.539. The molecular weight excluding hydrogens is 316 g/mol. The van der Waals surface area contributed by atoms with Crippen LogP contribution in [0.2, 0.25) is 0 Å². The first-order valence-corrected chi connectivity index (χ1v) is 9.66. The Balaban J connectivity index is 1.67. The van der Waals surface area contributed by atoms with Gasteiger partial charge in [0.2, 0.25) is 0 Å². The highest BCUT2D eigenvalue weighted by molar-refractivity contribution is 8.01. The van der Waals surface area contributed by atoms with Crippen molar-refractivity contribution in [2.45, 2.75) is 46.1 Å². The summed E-state index contributed by atoms with van der Waals surface area (Å²) < 4.78 is 0.116. The van der Waals surface area contributed by atoms with Crippen LogP contribution in [0.4, 0.5) is 0 Å². The van der Waals surface area contributed by atoms with Gasteiger partial charge in [-0.05, 0) is 68.7 Å². The maximum atomic E-state index is 2.38. The fourth-order valence-corrected chi connectivity index (χ4v) is 4.58. The Hall–Kier alpha value is -1.38. The lowest BCUT2D eigenvalue weighted by molar-refractivity contribution is 0.830. The van der Waals surface area contributed by atoms with Crippen molar-refractivity contribution >= 4 is 23.5 Å². The molecule has 0 radical (unpaired) electrons. The summed E-state index contributed by atoms with van der Waals surface area (Å²) in [6.07, 6.45) is 9.30. The zero-order valence-corrected chi connectivity index (χ0v) is 15.3. The van der Waals surface area contributed by atoms with Crippen LogP contribution in [-0.2, 0) is 0 Å². The molecule has 0 bridgehead atoms. The van der Waals surface area contributed by atoms with Crippen molar-refractivity contribution in [3.05, 3.63) is 78.4 Å². The zero-order valence-electron chi connectivity index (χ0n) is 13.7. The van der Waals surface area contributed by atoms with Gasteiger partial charge in [-0.2, -0.15) is 0 Å². The average molecular weight is 339 g/mol. The van der Waals surface area contributed by atoms with Gasteiger partial charge in [-0.25, -0.2) is 0 Å². The number of rotatable bonds is 5. The second-order valence-corrected chi connectivity index (χ2v) is 8.98. The Morgan fingerprint density at radius 1 is 0.783 bits per heavy atom. The minimum Gasteiger partial charge on any atom is -0.115 e. The summed E-state index contributed by atoms with van der Waals surface area (Å²) in [5.41, 5.74) is 1.44. The minimum absolute atomic E-state index is 0.116. The molecule has 118 valence electrons. The van der Waals surface area contributed by atoms with Crippen molar-refractivity contribution in [3.63, 3.8) is 0 Å². The Labute approximate surface area is 148 Å². The highest BCUT2D eigenvalue weighted by Crippen LogP contribution is 2.40. The van der Waals surface area contributed by atoms with Crippen LogP contribution in [0, 0.1) is 0 Å². The third kappa shape index (κ3) is 4.55. The third-order valence-corrected chi connectivity index (χ3v) is 6.14. The van der Waals surface area contributed by atoms with Gasteiger partial charge in [0.15, 0.2) is 0 Å². The maximum absolute atomic E-state index is 2.38. The van der Waals surface area contributed by atoms with E-state index in [9.17, 15) is 0 Å². The van der Waals surface area contributed by atoms with Gasteiger partial charge in [-0.1, -0.05) is 48.2 Å². The number of hydrogen-bond acceptors (Lipinski definition) is 2. The maximum Gasteiger partial charge on any atom is 0.0396 e. The van der Waals surface area contributed by atoms with Crippen molar-refractivity contribution in [1.29, 1.82) is 0 Å². The van der Waals surface area contributed by atoms with Crippen LogP contribution in [0.1, 0.15) is 26.7 Å². The molecule has 0 nitrogen and oxygen atoms in total. The normalized spacial score (nSPS) is 14.6. The summed E-state index contributed by atoms with van der Waals surface area (Å²) in [6, 6.07) is 19.5. The summed E-state index contributed by atoms with van der Waals surface area (Å²) in [7, 11) is 0. The first-order valence-electron chi connectivity index (χ1n) is 8.03. The number of hydrogen-bond donors (Lipinski definition) is 0. The zero-order chi connectivity index (χ0) is 16.1. The van der Waals surface area contributed by atoms with E-state index in [4.69, 9.17) is 0 Å². The molecule has 0 amide bonds. The molecule has 0 atom stereocenters. The van der Waals surface area contributed by atoms with Crippen molar-refractivity contribution in [2.24, 2.45) is 0 Å². The van der Waals surface area contributed by atoms with Crippen LogP contribution < -0.4 is 0 Å². The van der Waals surface area contributed by atoms with Gasteiger partial charge in [0.05, 0.1) is 0 Å². The van der Waals surface area contributed by atoms with Gasteiger partial charge < -0.3 is 0 Å². The molecule has 0 saturated carbocycles. The lowest BCUT2D eigenvalue weighted by atomic mass is 9.96. The number of allylic oxidation sites excluding steroid dienone is 3. The third-order valence-electron chi connectivity index (χ3n) is 3.87. The predicted molar refractivity (Wildman–Crippen MR) is 103 cm³/mol. The summed E-state index contributed by atoms with van der Waals surface area (Å²) in [5, 5.41) is 0. The minimum atomic E-state index is 0.116. The highest BCUT2D eigenvalue weighted by atomic mass is 32.2. The van der Waals surface area contributed by atoms with Gasteiger partial charge in [0, 0.05) is 19.4 Å². The summed E-state index contributed by atoms with van der Waals surface area (Å²) >= 11 is 3.75. The Morgan fingerprint density at radius 2 is 1.43 bits per heavy atom. The van der Waals surface area contributed by atoms with Crippen LogP contribution in [0.15, 0.2) is 93.1 Å². The second-order valence-electron chi connectivity index (χ2n) is 6.14. The van der Waals surface area contributed by atoms with E-state index in [0.29, 0.717) is 0 Å². The van der Waals surface area contributed by atoms with E-state index in [0.717, 1.165) is 0 Å². The molecule has 1 aliphatic carbocycles. The highest BCUT2D eigenvalue weighted by Gasteiger charge is 2.23. The lowest BCUT2D eigenvalue weighted by Crippen LogP contribution is -2.17. The van der Waals surface area contributed by atoms with E-state index >= 15 is 0 Å². The number of benzene rings is 2. The molecule has 2 aromatic carbocycles. The molecule has 1 aliphatic rings. The van der Waals surface area contributed by atoms with Crippen LogP contribution in [-0.4, -0.2) is 4.75 Å². The van der Waals surface area contributed by atoms with Crippen molar-refractivity contribution in [3.8, 4) is 0 Å². The SMILES string of the molecule is CC(C)(Sc1ccc(Sc2ccccc2)cc1)C1=CCCC=C1.